The van der Waals surface area contributed by atoms with Gasteiger partial charge in [-0.1, -0.05) is 54.3 Å². The molecule has 138 valence electrons. The number of hydrogen-bond donors (Lipinski definition) is 1. The van der Waals surface area contributed by atoms with Gasteiger partial charge >= 0.3 is 11.9 Å². The lowest BCUT2D eigenvalue weighted by Gasteiger charge is -2.10. The Labute approximate surface area is 165 Å². The minimum absolute atomic E-state index is 0.201. The number of carboxylic acids is 1. The molecule has 1 aromatic carbocycles. The number of amides is 1. The zero-order valence-electron chi connectivity index (χ0n) is 14.1. The molecule has 1 N–H and O–H groups in total. The molecule has 0 atom stereocenters. The SMILES string of the molecule is O=C(O)CN1C(=O)/C(=C/c2cccc(OC(=O)C3=CCCC=C3)c2)SC1=S. The van der Waals surface area contributed by atoms with Crippen LogP contribution in [0.2, 0.25) is 0 Å². The van der Waals surface area contributed by atoms with Crippen LogP contribution in [-0.2, 0) is 14.4 Å². The smallest absolute Gasteiger partial charge is 0.343 e. The Hall–Kier alpha value is -2.71. The third-order valence-corrected chi connectivity index (χ3v) is 5.14. The number of carboxylic acid groups (broad SMARTS) is 1. The Balaban J connectivity index is 1.75. The van der Waals surface area contributed by atoms with E-state index in [1.165, 1.54) is 0 Å². The van der Waals surface area contributed by atoms with Gasteiger partial charge in [-0.3, -0.25) is 14.5 Å². The van der Waals surface area contributed by atoms with Crippen molar-refractivity contribution in [3.63, 3.8) is 0 Å². The summed E-state index contributed by atoms with van der Waals surface area (Å²) < 4.78 is 5.59. The molecule has 1 aromatic rings. The molecule has 0 radical (unpaired) electrons. The molecular weight excluding hydrogens is 386 g/mol. The van der Waals surface area contributed by atoms with E-state index in [1.54, 1.807) is 36.4 Å². The van der Waals surface area contributed by atoms with E-state index < -0.39 is 24.4 Å². The molecule has 8 heteroatoms. The summed E-state index contributed by atoms with van der Waals surface area (Å²) in [5, 5.41) is 8.87. The number of benzene rings is 1. The van der Waals surface area contributed by atoms with Crippen molar-refractivity contribution in [3.05, 3.63) is 58.5 Å². The highest BCUT2D eigenvalue weighted by molar-refractivity contribution is 8.26. The molecule has 1 aliphatic heterocycles. The number of nitrogens with zero attached hydrogens (tertiary/aromatic N) is 1. The summed E-state index contributed by atoms with van der Waals surface area (Å²) in [5.74, 6) is -1.66. The molecule has 2 aliphatic rings. The summed E-state index contributed by atoms with van der Waals surface area (Å²) in [6, 6.07) is 6.74. The molecule has 0 unspecified atom stereocenters. The van der Waals surface area contributed by atoms with Gasteiger partial charge in [-0.05, 0) is 36.6 Å². The average molecular weight is 401 g/mol. The van der Waals surface area contributed by atoms with Gasteiger partial charge in [0, 0.05) is 0 Å². The van der Waals surface area contributed by atoms with Crippen molar-refractivity contribution in [3.8, 4) is 5.75 Å². The Morgan fingerprint density at radius 1 is 1.33 bits per heavy atom. The number of hydrogen-bond acceptors (Lipinski definition) is 6. The van der Waals surface area contributed by atoms with Crippen LogP contribution in [-0.4, -0.2) is 38.7 Å². The van der Waals surface area contributed by atoms with Gasteiger partial charge in [0.25, 0.3) is 5.91 Å². The van der Waals surface area contributed by atoms with Gasteiger partial charge in [0.2, 0.25) is 0 Å². The summed E-state index contributed by atoms with van der Waals surface area (Å²) in [4.78, 5) is 36.7. The second-order valence-electron chi connectivity index (χ2n) is 5.76. The van der Waals surface area contributed by atoms with Crippen LogP contribution in [0.3, 0.4) is 0 Å². The third-order valence-electron chi connectivity index (χ3n) is 3.76. The van der Waals surface area contributed by atoms with Gasteiger partial charge in [0.15, 0.2) is 0 Å². The molecule has 1 fully saturated rings. The predicted molar refractivity (Wildman–Crippen MR) is 106 cm³/mol. The van der Waals surface area contributed by atoms with E-state index in [9.17, 15) is 14.4 Å². The molecule has 1 amide bonds. The fourth-order valence-electron chi connectivity index (χ4n) is 2.52. The minimum atomic E-state index is -1.13. The number of carbonyl (C=O) groups excluding carboxylic acids is 2. The van der Waals surface area contributed by atoms with E-state index in [1.807, 2.05) is 12.2 Å². The van der Waals surface area contributed by atoms with Crippen LogP contribution in [0.25, 0.3) is 6.08 Å². The first-order chi connectivity index (χ1) is 12.9. The Morgan fingerprint density at radius 3 is 2.85 bits per heavy atom. The van der Waals surface area contributed by atoms with E-state index >= 15 is 0 Å². The van der Waals surface area contributed by atoms with Crippen molar-refractivity contribution in [2.24, 2.45) is 0 Å². The Kier molecular flexibility index (Phi) is 5.88. The average Bonchev–Trinajstić information content (AvgIpc) is 2.90. The molecular formula is C19H15NO5S2. The first-order valence-corrected chi connectivity index (χ1v) is 9.32. The quantitative estimate of drug-likeness (QED) is 0.351. The molecule has 0 saturated carbocycles. The summed E-state index contributed by atoms with van der Waals surface area (Å²) in [5.41, 5.74) is 1.16. The number of rotatable bonds is 5. The summed E-state index contributed by atoms with van der Waals surface area (Å²) >= 11 is 6.11. The van der Waals surface area contributed by atoms with Crippen molar-refractivity contribution in [1.29, 1.82) is 0 Å². The number of esters is 1. The summed E-state index contributed by atoms with van der Waals surface area (Å²) in [6.07, 6.45) is 8.80. The van der Waals surface area contributed by atoms with Crippen LogP contribution >= 0.6 is 24.0 Å². The van der Waals surface area contributed by atoms with Gasteiger partial charge in [0.1, 0.15) is 16.6 Å². The lowest BCUT2D eigenvalue weighted by Crippen LogP contribution is -2.33. The number of thioether (sulfide) groups is 1. The van der Waals surface area contributed by atoms with Gasteiger partial charge in [-0.15, -0.1) is 0 Å². The van der Waals surface area contributed by atoms with Gasteiger partial charge in [-0.25, -0.2) is 4.79 Å². The topological polar surface area (TPSA) is 83.9 Å². The van der Waals surface area contributed by atoms with Crippen molar-refractivity contribution in [2.45, 2.75) is 12.8 Å². The van der Waals surface area contributed by atoms with Crippen LogP contribution in [0.4, 0.5) is 0 Å². The highest BCUT2D eigenvalue weighted by Crippen LogP contribution is 2.32. The molecule has 0 spiro atoms. The maximum absolute atomic E-state index is 12.3. The van der Waals surface area contributed by atoms with Crippen LogP contribution in [0.15, 0.2) is 53.0 Å². The number of ether oxygens (including phenoxy) is 1. The number of thiocarbonyl (C=S) groups is 1. The second-order valence-corrected chi connectivity index (χ2v) is 7.44. The van der Waals surface area contributed by atoms with Crippen LogP contribution < -0.4 is 4.74 Å². The van der Waals surface area contributed by atoms with Crippen molar-refractivity contribution >= 4 is 52.2 Å². The fourth-order valence-corrected chi connectivity index (χ4v) is 3.78. The van der Waals surface area contributed by atoms with E-state index in [4.69, 9.17) is 22.1 Å². The number of carbonyl (C=O) groups is 3. The highest BCUT2D eigenvalue weighted by atomic mass is 32.2. The minimum Gasteiger partial charge on any atom is -0.480 e. The normalized spacial score (nSPS) is 18.0. The summed E-state index contributed by atoms with van der Waals surface area (Å²) in [6.45, 7) is -0.470. The largest absolute Gasteiger partial charge is 0.480 e. The lowest BCUT2D eigenvalue weighted by atomic mass is 10.1. The molecule has 1 heterocycles. The summed E-state index contributed by atoms with van der Waals surface area (Å²) in [7, 11) is 0. The predicted octanol–water partition coefficient (Wildman–Crippen LogP) is 3.15. The number of aliphatic carboxylic acids is 1. The first-order valence-electron chi connectivity index (χ1n) is 8.10. The van der Waals surface area contributed by atoms with Crippen molar-refractivity contribution < 1.29 is 24.2 Å². The standard InChI is InChI=1S/C19H15NO5S2/c21-16(22)11-20-17(23)15(27-19(20)26)10-12-5-4-8-14(9-12)25-18(24)13-6-2-1-3-7-13/h2,4-10H,1,3,11H2,(H,21,22)/b15-10-. The van der Waals surface area contributed by atoms with Crippen LogP contribution in [0.1, 0.15) is 18.4 Å². The van der Waals surface area contributed by atoms with Gasteiger partial charge < -0.3 is 9.84 Å². The lowest BCUT2D eigenvalue weighted by molar-refractivity contribution is -0.140. The van der Waals surface area contributed by atoms with Crippen LogP contribution in [0, 0.1) is 0 Å². The van der Waals surface area contributed by atoms with E-state index in [-0.39, 0.29) is 4.32 Å². The van der Waals surface area contributed by atoms with E-state index in [0.717, 1.165) is 29.5 Å². The Bertz CT molecular complexity index is 916. The molecule has 1 saturated heterocycles. The third kappa shape index (κ3) is 4.72. The van der Waals surface area contributed by atoms with E-state index in [0.29, 0.717) is 21.8 Å². The highest BCUT2D eigenvalue weighted by Gasteiger charge is 2.33. The molecule has 27 heavy (non-hydrogen) atoms. The van der Waals surface area contributed by atoms with Gasteiger partial charge in [0.05, 0.1) is 10.5 Å². The molecule has 0 aromatic heterocycles. The van der Waals surface area contributed by atoms with Crippen molar-refractivity contribution in [2.75, 3.05) is 6.54 Å². The zero-order chi connectivity index (χ0) is 19.4. The molecule has 1 aliphatic carbocycles. The van der Waals surface area contributed by atoms with Crippen LogP contribution in [0.5, 0.6) is 5.75 Å². The molecule has 3 rings (SSSR count). The fraction of sp³-hybridized carbons (Fsp3) is 0.158. The van der Waals surface area contributed by atoms with Crippen molar-refractivity contribution in [1.82, 2.24) is 4.90 Å². The molecule has 6 nitrogen and oxygen atoms in total. The monoisotopic (exact) mass is 401 g/mol. The van der Waals surface area contributed by atoms with Gasteiger partial charge in [-0.2, -0.15) is 0 Å². The maximum atomic E-state index is 12.3. The first kappa shape index (κ1) is 19.1. The zero-order valence-corrected chi connectivity index (χ0v) is 15.7. The molecule has 0 bridgehead atoms. The maximum Gasteiger partial charge on any atom is 0.343 e. The number of allylic oxidation sites excluding steroid dienone is 2. The second kappa shape index (κ2) is 8.32. The Morgan fingerprint density at radius 2 is 2.15 bits per heavy atom. The van der Waals surface area contributed by atoms with E-state index in [2.05, 4.69) is 0 Å².